The van der Waals surface area contributed by atoms with Crippen molar-refractivity contribution in [2.75, 3.05) is 5.33 Å². The maximum atomic E-state index is 12.5. The molecule has 0 aliphatic rings. The van der Waals surface area contributed by atoms with Gasteiger partial charge in [-0.1, -0.05) is 27.5 Å². The largest absolute Gasteiger partial charge is 0.416 e. The molecule has 0 atom stereocenters. The Balaban J connectivity index is 3.02. The van der Waals surface area contributed by atoms with Crippen LogP contribution in [0.3, 0.4) is 0 Å². The van der Waals surface area contributed by atoms with E-state index >= 15 is 0 Å². The molecule has 0 saturated carbocycles. The van der Waals surface area contributed by atoms with Crippen molar-refractivity contribution in [2.24, 2.45) is 0 Å². The van der Waals surface area contributed by atoms with E-state index < -0.39 is 11.7 Å². The normalized spacial score (nSPS) is 11.6. The number of Topliss-reactive ketones (excluding diaryl/α,β-unsaturated/α-hetero) is 1. The average Bonchev–Trinajstić information content (AvgIpc) is 2.24. The highest BCUT2D eigenvalue weighted by Gasteiger charge is 2.31. The summed E-state index contributed by atoms with van der Waals surface area (Å²) in [7, 11) is 0. The Morgan fingerprint density at radius 3 is 2.53 bits per heavy atom. The molecule has 1 aromatic carbocycles. The van der Waals surface area contributed by atoms with Gasteiger partial charge in [0.1, 0.15) is 0 Å². The summed E-state index contributed by atoms with van der Waals surface area (Å²) < 4.78 is 37.4. The SMILES string of the molecule is O=C(CCCBr)c1cc(C(F)(F)F)ccc1Cl. The van der Waals surface area contributed by atoms with Crippen molar-refractivity contribution in [3.8, 4) is 0 Å². The van der Waals surface area contributed by atoms with Crippen LogP contribution >= 0.6 is 27.5 Å². The second-order valence-corrected chi connectivity index (χ2v) is 4.61. The van der Waals surface area contributed by atoms with E-state index in [4.69, 9.17) is 11.6 Å². The van der Waals surface area contributed by atoms with Gasteiger partial charge in [0.15, 0.2) is 5.78 Å². The lowest BCUT2D eigenvalue weighted by atomic mass is 10.0. The summed E-state index contributed by atoms with van der Waals surface area (Å²) in [5, 5.41) is 0.674. The highest BCUT2D eigenvalue weighted by Crippen LogP contribution is 2.32. The number of halogens is 5. The minimum Gasteiger partial charge on any atom is -0.294 e. The molecule has 0 fully saturated rings. The smallest absolute Gasteiger partial charge is 0.294 e. The predicted molar refractivity (Wildman–Crippen MR) is 63.8 cm³/mol. The van der Waals surface area contributed by atoms with Crippen molar-refractivity contribution in [1.29, 1.82) is 0 Å². The van der Waals surface area contributed by atoms with Crippen LogP contribution in [0.5, 0.6) is 0 Å². The third-order valence-corrected chi connectivity index (χ3v) is 3.02. The Morgan fingerprint density at radius 2 is 2.00 bits per heavy atom. The van der Waals surface area contributed by atoms with E-state index in [9.17, 15) is 18.0 Å². The first-order valence-electron chi connectivity index (χ1n) is 4.82. The highest BCUT2D eigenvalue weighted by molar-refractivity contribution is 9.09. The number of ketones is 1. The number of carbonyl (C=O) groups is 1. The topological polar surface area (TPSA) is 17.1 Å². The van der Waals surface area contributed by atoms with E-state index in [2.05, 4.69) is 15.9 Å². The van der Waals surface area contributed by atoms with Crippen molar-refractivity contribution < 1.29 is 18.0 Å². The molecule has 17 heavy (non-hydrogen) atoms. The molecular weight excluding hydrogens is 320 g/mol. The highest BCUT2D eigenvalue weighted by atomic mass is 79.9. The van der Waals surface area contributed by atoms with Crippen LogP contribution in [-0.2, 0) is 6.18 Å². The van der Waals surface area contributed by atoms with Gasteiger partial charge in [-0.15, -0.1) is 0 Å². The van der Waals surface area contributed by atoms with Gasteiger partial charge >= 0.3 is 6.18 Å². The maximum absolute atomic E-state index is 12.5. The molecule has 1 rings (SSSR count). The summed E-state index contributed by atoms with van der Waals surface area (Å²) in [5.41, 5.74) is -0.925. The average molecular weight is 330 g/mol. The van der Waals surface area contributed by atoms with Gasteiger partial charge in [0.2, 0.25) is 0 Å². The van der Waals surface area contributed by atoms with Gasteiger partial charge in [0, 0.05) is 17.3 Å². The standard InChI is InChI=1S/C11H9BrClF3O/c12-5-1-2-10(17)8-6-7(11(14,15)16)3-4-9(8)13/h3-4,6H,1-2,5H2. The first-order chi connectivity index (χ1) is 7.86. The molecule has 0 bridgehead atoms. The zero-order valence-electron chi connectivity index (χ0n) is 8.65. The number of hydrogen-bond acceptors (Lipinski definition) is 1. The third-order valence-electron chi connectivity index (χ3n) is 2.13. The van der Waals surface area contributed by atoms with Gasteiger partial charge in [-0.3, -0.25) is 4.79 Å². The maximum Gasteiger partial charge on any atom is 0.416 e. The summed E-state index contributed by atoms with van der Waals surface area (Å²) in [6.45, 7) is 0. The molecule has 0 spiro atoms. The fourth-order valence-corrected chi connectivity index (χ4v) is 1.78. The Morgan fingerprint density at radius 1 is 1.35 bits per heavy atom. The van der Waals surface area contributed by atoms with Gasteiger partial charge in [-0.2, -0.15) is 13.2 Å². The summed E-state index contributed by atoms with van der Waals surface area (Å²) in [5.74, 6) is -0.374. The molecule has 6 heteroatoms. The van der Waals surface area contributed by atoms with Crippen LogP contribution in [0.1, 0.15) is 28.8 Å². The van der Waals surface area contributed by atoms with Gasteiger partial charge in [-0.25, -0.2) is 0 Å². The first kappa shape index (κ1) is 14.5. The molecule has 1 nitrogen and oxygen atoms in total. The number of carbonyl (C=O) groups excluding carboxylic acids is 1. The fraction of sp³-hybridized carbons (Fsp3) is 0.364. The zero-order valence-corrected chi connectivity index (χ0v) is 11.0. The van der Waals surface area contributed by atoms with Crippen LogP contribution < -0.4 is 0 Å². The lowest BCUT2D eigenvalue weighted by Gasteiger charge is -2.09. The lowest BCUT2D eigenvalue weighted by Crippen LogP contribution is -2.08. The Hall–Kier alpha value is -0.550. The van der Waals surface area contributed by atoms with E-state index in [1.807, 2.05) is 0 Å². The number of benzene rings is 1. The monoisotopic (exact) mass is 328 g/mol. The molecule has 0 aliphatic carbocycles. The lowest BCUT2D eigenvalue weighted by molar-refractivity contribution is -0.137. The Kier molecular flexibility index (Phi) is 5.01. The summed E-state index contributed by atoms with van der Waals surface area (Å²) in [6, 6.07) is 2.77. The predicted octanol–water partition coefficient (Wildman–Crippen LogP) is 4.72. The van der Waals surface area contributed by atoms with E-state index in [-0.39, 0.29) is 22.8 Å². The van der Waals surface area contributed by atoms with Crippen molar-refractivity contribution in [2.45, 2.75) is 19.0 Å². The van der Waals surface area contributed by atoms with Gasteiger partial charge in [-0.05, 0) is 24.6 Å². The summed E-state index contributed by atoms with van der Waals surface area (Å²) in [4.78, 5) is 11.6. The molecule has 0 amide bonds. The van der Waals surface area contributed by atoms with Crippen LogP contribution in [0.4, 0.5) is 13.2 Å². The minimum atomic E-state index is -4.46. The molecule has 0 radical (unpaired) electrons. The molecule has 0 unspecified atom stereocenters. The number of alkyl halides is 4. The number of hydrogen-bond donors (Lipinski definition) is 0. The molecule has 0 heterocycles. The quantitative estimate of drug-likeness (QED) is 0.577. The fourth-order valence-electron chi connectivity index (χ4n) is 1.28. The van der Waals surface area contributed by atoms with E-state index in [1.54, 1.807) is 0 Å². The second kappa shape index (κ2) is 5.87. The molecule has 0 aliphatic heterocycles. The zero-order chi connectivity index (χ0) is 13.1. The van der Waals surface area contributed by atoms with E-state index in [0.717, 1.165) is 18.2 Å². The molecule has 94 valence electrons. The van der Waals surface area contributed by atoms with Gasteiger partial charge in [0.05, 0.1) is 10.6 Å². The summed E-state index contributed by atoms with van der Waals surface area (Å²) in [6.07, 6.45) is -3.73. The van der Waals surface area contributed by atoms with E-state index in [1.165, 1.54) is 0 Å². The molecule has 0 saturated heterocycles. The van der Waals surface area contributed by atoms with Crippen molar-refractivity contribution in [3.05, 3.63) is 34.3 Å². The van der Waals surface area contributed by atoms with Crippen molar-refractivity contribution >= 4 is 33.3 Å². The third kappa shape index (κ3) is 4.00. The second-order valence-electron chi connectivity index (χ2n) is 3.41. The van der Waals surface area contributed by atoms with Crippen LogP contribution in [0, 0.1) is 0 Å². The minimum absolute atomic E-state index is 0.0533. The van der Waals surface area contributed by atoms with Crippen LogP contribution in [0.2, 0.25) is 5.02 Å². The summed E-state index contributed by atoms with van der Waals surface area (Å²) >= 11 is 8.87. The van der Waals surface area contributed by atoms with Crippen LogP contribution in [0.25, 0.3) is 0 Å². The van der Waals surface area contributed by atoms with Crippen LogP contribution in [-0.4, -0.2) is 11.1 Å². The van der Waals surface area contributed by atoms with Gasteiger partial charge < -0.3 is 0 Å². The Labute approximate surface area is 110 Å². The molecule has 0 aromatic heterocycles. The molecular formula is C11H9BrClF3O. The van der Waals surface area contributed by atoms with Crippen molar-refractivity contribution in [3.63, 3.8) is 0 Å². The molecule has 1 aromatic rings. The Bertz CT molecular complexity index is 418. The van der Waals surface area contributed by atoms with E-state index in [0.29, 0.717) is 11.8 Å². The first-order valence-corrected chi connectivity index (χ1v) is 6.32. The van der Waals surface area contributed by atoms with Gasteiger partial charge in [0.25, 0.3) is 0 Å². The van der Waals surface area contributed by atoms with Crippen LogP contribution in [0.15, 0.2) is 18.2 Å². The number of rotatable bonds is 4. The van der Waals surface area contributed by atoms with Crippen molar-refractivity contribution in [1.82, 2.24) is 0 Å². The molecule has 0 N–H and O–H groups in total.